The standard InChI is InChI=1S/C15H26N4O/c1-11-15(12(2)18(3)17-11)9-16-8-14-10-19(6-7-20-14)13-4-5-13/h13-14,16H,4-10H2,1-3H3/t14-/m1/s1. The van der Waals surface area contributed by atoms with Crippen LogP contribution in [0.3, 0.4) is 0 Å². The molecule has 1 atom stereocenters. The molecule has 5 nitrogen and oxygen atoms in total. The topological polar surface area (TPSA) is 42.3 Å². The van der Waals surface area contributed by atoms with Crippen molar-refractivity contribution in [2.24, 2.45) is 7.05 Å². The van der Waals surface area contributed by atoms with E-state index < -0.39 is 0 Å². The van der Waals surface area contributed by atoms with Crippen LogP contribution < -0.4 is 5.32 Å². The number of nitrogens with zero attached hydrogens (tertiary/aromatic N) is 3. The first kappa shape index (κ1) is 14.0. The van der Waals surface area contributed by atoms with Crippen LogP contribution in [0.2, 0.25) is 0 Å². The van der Waals surface area contributed by atoms with E-state index in [-0.39, 0.29) is 0 Å². The molecule has 2 fully saturated rings. The molecule has 2 heterocycles. The second kappa shape index (κ2) is 5.84. The fraction of sp³-hybridized carbons (Fsp3) is 0.800. The molecule has 0 bridgehead atoms. The van der Waals surface area contributed by atoms with Crippen molar-refractivity contribution in [3.8, 4) is 0 Å². The molecule has 1 aromatic rings. The number of nitrogens with one attached hydrogen (secondary N) is 1. The van der Waals surface area contributed by atoms with Gasteiger partial charge < -0.3 is 10.1 Å². The first-order valence-corrected chi connectivity index (χ1v) is 7.70. The van der Waals surface area contributed by atoms with Crippen LogP contribution in [0.1, 0.15) is 29.8 Å². The highest BCUT2D eigenvalue weighted by Gasteiger charge is 2.32. The molecule has 3 rings (SSSR count). The lowest BCUT2D eigenvalue weighted by Crippen LogP contribution is -2.47. The van der Waals surface area contributed by atoms with Gasteiger partial charge in [0, 0.05) is 50.5 Å². The lowest BCUT2D eigenvalue weighted by atomic mass is 10.2. The highest BCUT2D eigenvalue weighted by atomic mass is 16.5. The highest BCUT2D eigenvalue weighted by Crippen LogP contribution is 2.28. The van der Waals surface area contributed by atoms with E-state index in [0.717, 1.165) is 44.5 Å². The first-order valence-electron chi connectivity index (χ1n) is 7.70. The Balaban J connectivity index is 1.47. The van der Waals surface area contributed by atoms with Crippen LogP contribution in [0, 0.1) is 13.8 Å². The van der Waals surface area contributed by atoms with Gasteiger partial charge in [-0.15, -0.1) is 0 Å². The monoisotopic (exact) mass is 278 g/mol. The molecule has 20 heavy (non-hydrogen) atoms. The van der Waals surface area contributed by atoms with Gasteiger partial charge in [-0.2, -0.15) is 5.10 Å². The van der Waals surface area contributed by atoms with Crippen molar-refractivity contribution >= 4 is 0 Å². The Bertz CT molecular complexity index is 467. The molecule has 0 aromatic carbocycles. The van der Waals surface area contributed by atoms with E-state index in [0.29, 0.717) is 6.10 Å². The quantitative estimate of drug-likeness (QED) is 0.872. The number of rotatable bonds is 5. The molecule has 1 aliphatic carbocycles. The van der Waals surface area contributed by atoms with Crippen LogP contribution in [-0.2, 0) is 18.3 Å². The van der Waals surface area contributed by atoms with E-state index in [1.54, 1.807) is 0 Å². The van der Waals surface area contributed by atoms with Gasteiger partial charge in [0.15, 0.2) is 0 Å². The smallest absolute Gasteiger partial charge is 0.0826 e. The Hall–Kier alpha value is -0.910. The van der Waals surface area contributed by atoms with Gasteiger partial charge in [-0.25, -0.2) is 0 Å². The average molecular weight is 278 g/mol. The van der Waals surface area contributed by atoms with E-state index in [4.69, 9.17) is 4.74 Å². The van der Waals surface area contributed by atoms with Crippen molar-refractivity contribution < 1.29 is 4.74 Å². The third-order valence-corrected chi connectivity index (χ3v) is 4.57. The predicted molar refractivity (Wildman–Crippen MR) is 78.7 cm³/mol. The first-order chi connectivity index (χ1) is 9.65. The summed E-state index contributed by atoms with van der Waals surface area (Å²) < 4.78 is 7.82. The number of ether oxygens (including phenoxy) is 1. The third-order valence-electron chi connectivity index (χ3n) is 4.57. The SMILES string of the molecule is Cc1nn(C)c(C)c1CNC[C@@H]1CN(C2CC2)CCO1. The number of aromatic nitrogens is 2. The minimum absolute atomic E-state index is 0.335. The van der Waals surface area contributed by atoms with Gasteiger partial charge >= 0.3 is 0 Å². The molecule has 1 aromatic heterocycles. The zero-order valence-electron chi connectivity index (χ0n) is 12.9. The molecule has 0 amide bonds. The van der Waals surface area contributed by atoms with Gasteiger partial charge in [-0.1, -0.05) is 0 Å². The van der Waals surface area contributed by atoms with E-state index in [1.165, 1.54) is 24.1 Å². The van der Waals surface area contributed by atoms with E-state index in [2.05, 4.69) is 29.2 Å². The van der Waals surface area contributed by atoms with Gasteiger partial charge in [0.25, 0.3) is 0 Å². The minimum atomic E-state index is 0.335. The summed E-state index contributed by atoms with van der Waals surface area (Å²) in [5.74, 6) is 0. The van der Waals surface area contributed by atoms with E-state index in [9.17, 15) is 0 Å². The lowest BCUT2D eigenvalue weighted by molar-refractivity contribution is -0.0301. The minimum Gasteiger partial charge on any atom is -0.374 e. The van der Waals surface area contributed by atoms with Crippen molar-refractivity contribution in [2.75, 3.05) is 26.2 Å². The van der Waals surface area contributed by atoms with Gasteiger partial charge in [0.2, 0.25) is 0 Å². The Labute approximate surface area is 121 Å². The zero-order valence-corrected chi connectivity index (χ0v) is 12.9. The fourth-order valence-electron chi connectivity index (χ4n) is 3.07. The Morgan fingerprint density at radius 3 is 2.80 bits per heavy atom. The molecule has 1 aliphatic heterocycles. The molecule has 0 radical (unpaired) electrons. The van der Waals surface area contributed by atoms with Crippen LogP contribution >= 0.6 is 0 Å². The average Bonchev–Trinajstić information content (AvgIpc) is 3.24. The van der Waals surface area contributed by atoms with Crippen LogP contribution in [0.15, 0.2) is 0 Å². The Morgan fingerprint density at radius 1 is 1.35 bits per heavy atom. The van der Waals surface area contributed by atoms with Gasteiger partial charge in [-0.05, 0) is 26.7 Å². The summed E-state index contributed by atoms with van der Waals surface area (Å²) in [6.45, 7) is 9.10. The molecule has 0 unspecified atom stereocenters. The maximum absolute atomic E-state index is 5.86. The normalized spacial score (nSPS) is 24.2. The van der Waals surface area contributed by atoms with Crippen LogP contribution in [-0.4, -0.2) is 53.1 Å². The zero-order chi connectivity index (χ0) is 14.1. The summed E-state index contributed by atoms with van der Waals surface area (Å²) in [6.07, 6.45) is 3.10. The highest BCUT2D eigenvalue weighted by molar-refractivity contribution is 5.23. The van der Waals surface area contributed by atoms with Crippen LogP contribution in [0.25, 0.3) is 0 Å². The summed E-state index contributed by atoms with van der Waals surface area (Å²) in [4.78, 5) is 2.59. The second-order valence-corrected chi connectivity index (χ2v) is 6.12. The number of aryl methyl sites for hydroxylation is 2. The van der Waals surface area contributed by atoms with Gasteiger partial charge in [-0.3, -0.25) is 9.58 Å². The molecular weight excluding hydrogens is 252 g/mol. The molecule has 5 heteroatoms. The molecule has 112 valence electrons. The maximum atomic E-state index is 5.86. The number of hydrogen-bond acceptors (Lipinski definition) is 4. The summed E-state index contributed by atoms with van der Waals surface area (Å²) in [7, 11) is 2.00. The largest absolute Gasteiger partial charge is 0.374 e. The van der Waals surface area contributed by atoms with Gasteiger partial charge in [0.05, 0.1) is 18.4 Å². The van der Waals surface area contributed by atoms with E-state index >= 15 is 0 Å². The molecule has 1 saturated heterocycles. The van der Waals surface area contributed by atoms with Crippen LogP contribution in [0.4, 0.5) is 0 Å². The van der Waals surface area contributed by atoms with Crippen molar-refractivity contribution in [3.05, 3.63) is 17.0 Å². The van der Waals surface area contributed by atoms with Crippen molar-refractivity contribution in [2.45, 2.75) is 45.4 Å². The Kier molecular flexibility index (Phi) is 4.10. The Morgan fingerprint density at radius 2 is 2.15 bits per heavy atom. The lowest BCUT2D eigenvalue weighted by Gasteiger charge is -2.33. The van der Waals surface area contributed by atoms with Crippen molar-refractivity contribution in [1.82, 2.24) is 20.0 Å². The molecule has 1 N–H and O–H groups in total. The third kappa shape index (κ3) is 3.05. The fourth-order valence-corrected chi connectivity index (χ4v) is 3.07. The molecule has 2 aliphatic rings. The molecular formula is C15H26N4O. The number of morpholine rings is 1. The summed E-state index contributed by atoms with van der Waals surface area (Å²) >= 11 is 0. The number of hydrogen-bond donors (Lipinski definition) is 1. The molecule has 0 spiro atoms. The summed E-state index contributed by atoms with van der Waals surface area (Å²) in [5.41, 5.74) is 3.70. The summed E-state index contributed by atoms with van der Waals surface area (Å²) in [6, 6.07) is 0.851. The van der Waals surface area contributed by atoms with Crippen molar-refractivity contribution in [1.29, 1.82) is 0 Å². The van der Waals surface area contributed by atoms with E-state index in [1.807, 2.05) is 11.7 Å². The summed E-state index contributed by atoms with van der Waals surface area (Å²) in [5, 5.41) is 8.00. The maximum Gasteiger partial charge on any atom is 0.0826 e. The predicted octanol–water partition coefficient (Wildman–Crippen LogP) is 0.990. The van der Waals surface area contributed by atoms with Crippen LogP contribution in [0.5, 0.6) is 0 Å². The van der Waals surface area contributed by atoms with Gasteiger partial charge in [0.1, 0.15) is 0 Å². The molecule has 1 saturated carbocycles. The second-order valence-electron chi connectivity index (χ2n) is 6.12. The van der Waals surface area contributed by atoms with Crippen molar-refractivity contribution in [3.63, 3.8) is 0 Å².